The Bertz CT molecular complexity index is 957. The first-order valence-corrected chi connectivity index (χ1v) is 10.3. The highest BCUT2D eigenvalue weighted by atomic mass is 35.5. The van der Waals surface area contributed by atoms with Crippen LogP contribution in [0, 0.1) is 0 Å². The van der Waals surface area contributed by atoms with Crippen LogP contribution in [-0.2, 0) is 20.4 Å². The number of fused-ring (bicyclic) bond motifs is 2. The lowest BCUT2D eigenvalue weighted by molar-refractivity contribution is -0.137. The van der Waals surface area contributed by atoms with Crippen LogP contribution >= 0.6 is 11.6 Å². The molecule has 2 aromatic carbocycles. The van der Waals surface area contributed by atoms with Crippen LogP contribution < -0.4 is 4.90 Å². The molecule has 0 N–H and O–H groups in total. The molecule has 2 fully saturated rings. The second kappa shape index (κ2) is 6.08. The number of likely N-dealkylation sites (tertiary alicyclic amines) is 1. The smallest absolute Gasteiger partial charge is 0.237 e. The average Bonchev–Trinajstić information content (AvgIpc) is 3.51. The molecule has 1 saturated carbocycles. The number of rotatable bonds is 2. The first-order valence-electron chi connectivity index (χ1n) is 9.91. The van der Waals surface area contributed by atoms with Gasteiger partial charge in [-0.05, 0) is 55.0 Å². The predicted molar refractivity (Wildman–Crippen MR) is 110 cm³/mol. The summed E-state index contributed by atoms with van der Waals surface area (Å²) in [7, 11) is 1.85. The summed E-state index contributed by atoms with van der Waals surface area (Å²) in [4.78, 5) is 30.2. The van der Waals surface area contributed by atoms with E-state index >= 15 is 0 Å². The van der Waals surface area contributed by atoms with E-state index in [0.717, 1.165) is 29.7 Å². The van der Waals surface area contributed by atoms with Crippen LogP contribution in [0.3, 0.4) is 0 Å². The molecule has 0 atom stereocenters. The molecular weight excluding hydrogens is 372 g/mol. The SMILES string of the molecule is CN1C(=O)C2(CCN(C(=O)C3(c4ccc(Cl)cc4)CC3)CC2)c2ccccc21. The molecule has 28 heavy (non-hydrogen) atoms. The maximum atomic E-state index is 13.4. The van der Waals surface area contributed by atoms with Gasteiger partial charge in [-0.1, -0.05) is 41.9 Å². The summed E-state index contributed by atoms with van der Waals surface area (Å²) in [6, 6.07) is 15.7. The lowest BCUT2D eigenvalue weighted by atomic mass is 9.73. The number of anilines is 1. The number of likely N-dealkylation sites (N-methyl/N-ethyl adjacent to an activating group) is 1. The predicted octanol–water partition coefficient (Wildman–Crippen LogP) is 3.91. The van der Waals surface area contributed by atoms with Gasteiger partial charge in [0.1, 0.15) is 0 Å². The number of piperidine rings is 1. The van der Waals surface area contributed by atoms with Gasteiger partial charge in [0.05, 0.1) is 10.8 Å². The molecular formula is C23H23ClN2O2. The van der Waals surface area contributed by atoms with E-state index in [1.807, 2.05) is 54.4 Å². The molecule has 0 unspecified atom stereocenters. The van der Waals surface area contributed by atoms with E-state index in [1.54, 1.807) is 4.90 Å². The summed E-state index contributed by atoms with van der Waals surface area (Å²) in [6.45, 7) is 1.25. The number of benzene rings is 2. The second-order valence-corrected chi connectivity index (χ2v) is 8.78. The first kappa shape index (κ1) is 17.7. The molecule has 1 spiro atoms. The number of halogens is 1. The molecule has 144 valence electrons. The quantitative estimate of drug-likeness (QED) is 0.774. The van der Waals surface area contributed by atoms with Crippen molar-refractivity contribution in [3.63, 3.8) is 0 Å². The Balaban J connectivity index is 1.37. The van der Waals surface area contributed by atoms with Crippen LogP contribution in [0.4, 0.5) is 5.69 Å². The van der Waals surface area contributed by atoms with Gasteiger partial charge in [-0.3, -0.25) is 9.59 Å². The highest BCUT2D eigenvalue weighted by Crippen LogP contribution is 2.52. The van der Waals surface area contributed by atoms with Gasteiger partial charge in [0.15, 0.2) is 0 Å². The number of para-hydroxylation sites is 1. The summed E-state index contributed by atoms with van der Waals surface area (Å²) in [5.41, 5.74) is 2.33. The number of hydrogen-bond acceptors (Lipinski definition) is 2. The molecule has 0 bridgehead atoms. The third kappa shape index (κ3) is 2.37. The molecule has 5 heteroatoms. The largest absolute Gasteiger partial charge is 0.342 e. The average molecular weight is 395 g/mol. The molecule has 2 aromatic rings. The molecule has 1 saturated heterocycles. The third-order valence-electron chi connectivity index (χ3n) is 6.96. The Kier molecular flexibility index (Phi) is 3.86. The van der Waals surface area contributed by atoms with Crippen molar-refractivity contribution < 1.29 is 9.59 Å². The van der Waals surface area contributed by atoms with E-state index < -0.39 is 5.41 Å². The van der Waals surface area contributed by atoms with E-state index in [2.05, 4.69) is 6.07 Å². The Labute approximate surface area is 170 Å². The third-order valence-corrected chi connectivity index (χ3v) is 7.21. The summed E-state index contributed by atoms with van der Waals surface area (Å²) in [5, 5.41) is 0.689. The number of hydrogen-bond donors (Lipinski definition) is 0. The van der Waals surface area contributed by atoms with E-state index in [0.29, 0.717) is 31.0 Å². The molecule has 3 aliphatic rings. The van der Waals surface area contributed by atoms with Crippen molar-refractivity contribution in [2.45, 2.75) is 36.5 Å². The fourth-order valence-electron chi connectivity index (χ4n) is 5.11. The highest BCUT2D eigenvalue weighted by Gasteiger charge is 2.56. The van der Waals surface area contributed by atoms with Crippen molar-refractivity contribution in [1.29, 1.82) is 0 Å². The van der Waals surface area contributed by atoms with Crippen LogP contribution in [0.1, 0.15) is 36.8 Å². The van der Waals surface area contributed by atoms with Gasteiger partial charge < -0.3 is 9.80 Å². The zero-order chi connectivity index (χ0) is 19.5. The summed E-state index contributed by atoms with van der Waals surface area (Å²) in [5.74, 6) is 0.372. The zero-order valence-electron chi connectivity index (χ0n) is 16.0. The van der Waals surface area contributed by atoms with Gasteiger partial charge in [0, 0.05) is 30.8 Å². The van der Waals surface area contributed by atoms with Crippen molar-refractivity contribution in [3.05, 3.63) is 64.7 Å². The molecule has 0 radical (unpaired) electrons. The monoisotopic (exact) mass is 394 g/mol. The summed E-state index contributed by atoms with van der Waals surface area (Å²) >= 11 is 6.02. The van der Waals surface area contributed by atoms with Gasteiger partial charge in [0.2, 0.25) is 11.8 Å². The molecule has 0 aromatic heterocycles. The molecule has 2 heterocycles. The topological polar surface area (TPSA) is 40.6 Å². The first-order chi connectivity index (χ1) is 13.5. The van der Waals surface area contributed by atoms with Gasteiger partial charge >= 0.3 is 0 Å². The minimum absolute atomic E-state index is 0.166. The van der Waals surface area contributed by atoms with E-state index in [4.69, 9.17) is 11.6 Å². The molecule has 4 nitrogen and oxygen atoms in total. The molecule has 2 amide bonds. The van der Waals surface area contributed by atoms with Crippen LogP contribution in [-0.4, -0.2) is 36.9 Å². The molecule has 5 rings (SSSR count). The normalized spacial score (nSPS) is 21.7. The van der Waals surface area contributed by atoms with Crippen LogP contribution in [0.15, 0.2) is 48.5 Å². The Morgan fingerprint density at radius 2 is 1.61 bits per heavy atom. The van der Waals surface area contributed by atoms with Crippen molar-refractivity contribution in [1.82, 2.24) is 4.90 Å². The molecule has 2 aliphatic heterocycles. The number of amides is 2. The number of carbonyl (C=O) groups is 2. The van der Waals surface area contributed by atoms with Crippen molar-refractivity contribution in [2.75, 3.05) is 25.0 Å². The van der Waals surface area contributed by atoms with Crippen molar-refractivity contribution in [2.24, 2.45) is 0 Å². The fraction of sp³-hybridized carbons (Fsp3) is 0.391. The van der Waals surface area contributed by atoms with Crippen molar-refractivity contribution >= 4 is 29.1 Å². The number of nitrogens with zero attached hydrogens (tertiary/aromatic N) is 2. The van der Waals surface area contributed by atoms with Crippen molar-refractivity contribution in [3.8, 4) is 0 Å². The number of carbonyl (C=O) groups excluding carboxylic acids is 2. The van der Waals surface area contributed by atoms with Gasteiger partial charge in [-0.15, -0.1) is 0 Å². The van der Waals surface area contributed by atoms with E-state index in [1.165, 1.54) is 0 Å². The fourth-order valence-corrected chi connectivity index (χ4v) is 5.24. The van der Waals surface area contributed by atoms with Crippen LogP contribution in [0.5, 0.6) is 0 Å². The lowest BCUT2D eigenvalue weighted by Crippen LogP contribution is -2.51. The molecule has 1 aliphatic carbocycles. The summed E-state index contributed by atoms with van der Waals surface area (Å²) < 4.78 is 0. The van der Waals surface area contributed by atoms with Gasteiger partial charge in [0.25, 0.3) is 0 Å². The minimum Gasteiger partial charge on any atom is -0.342 e. The standard InChI is InChI=1S/C23H23ClN2O2/c1-25-19-5-3-2-4-18(19)23(20(25)27)12-14-26(15-13-23)21(28)22(10-11-22)16-6-8-17(24)9-7-16/h2-9H,10-15H2,1H3. The van der Waals surface area contributed by atoms with Crippen LogP contribution in [0.2, 0.25) is 5.02 Å². The Morgan fingerprint density at radius 3 is 2.25 bits per heavy atom. The zero-order valence-corrected chi connectivity index (χ0v) is 16.7. The Hall–Kier alpha value is -2.33. The van der Waals surface area contributed by atoms with E-state index in [-0.39, 0.29) is 17.2 Å². The highest BCUT2D eigenvalue weighted by molar-refractivity contribution is 6.30. The summed E-state index contributed by atoms with van der Waals surface area (Å²) in [6.07, 6.45) is 3.16. The van der Waals surface area contributed by atoms with Crippen LogP contribution in [0.25, 0.3) is 0 Å². The minimum atomic E-state index is -0.473. The maximum Gasteiger partial charge on any atom is 0.237 e. The Morgan fingerprint density at radius 1 is 0.964 bits per heavy atom. The second-order valence-electron chi connectivity index (χ2n) is 8.34. The van der Waals surface area contributed by atoms with E-state index in [9.17, 15) is 9.59 Å². The van der Waals surface area contributed by atoms with Gasteiger partial charge in [-0.2, -0.15) is 0 Å². The van der Waals surface area contributed by atoms with Gasteiger partial charge in [-0.25, -0.2) is 0 Å². The maximum absolute atomic E-state index is 13.4. The lowest BCUT2D eigenvalue weighted by Gasteiger charge is -2.39.